The van der Waals surface area contributed by atoms with Crippen LogP contribution in [-0.4, -0.2) is 26.0 Å². The summed E-state index contributed by atoms with van der Waals surface area (Å²) in [5, 5.41) is 8.54. The minimum Gasteiger partial charge on any atom is -0.475 e. The first-order valence-corrected chi connectivity index (χ1v) is 3.41. The molecule has 0 saturated heterocycles. The molecule has 0 aliphatic heterocycles. The van der Waals surface area contributed by atoms with E-state index in [9.17, 15) is 9.18 Å². The van der Waals surface area contributed by atoms with Crippen LogP contribution in [0.15, 0.2) is 12.3 Å². The highest BCUT2D eigenvalue weighted by atomic mass is 35.5. The van der Waals surface area contributed by atoms with Crippen molar-refractivity contribution in [3.63, 3.8) is 0 Å². The second-order valence-corrected chi connectivity index (χ2v) is 2.42. The third-order valence-electron chi connectivity index (χ3n) is 1.51. The maximum absolute atomic E-state index is 12.6. The lowest BCUT2D eigenvalue weighted by atomic mass is 10.4. The smallest absolute Gasteiger partial charge is 0.371 e. The first kappa shape index (κ1) is 10.4. The molecular weight excluding hydrogens is 213 g/mol. The number of carboxylic acids is 1. The number of H-pyrrole nitrogens is 1. The molecule has 0 spiro atoms. The molecule has 0 amide bonds. The number of hydrogen-bond donors (Lipinski definition) is 2. The molecule has 0 aliphatic rings. The monoisotopic (exact) mass is 217 g/mol. The summed E-state index contributed by atoms with van der Waals surface area (Å²) in [4.78, 5) is 20.1. The van der Waals surface area contributed by atoms with E-state index in [-0.39, 0.29) is 29.4 Å². The Morgan fingerprint density at radius 3 is 2.93 bits per heavy atom. The third kappa shape index (κ3) is 1.64. The number of fused-ring (bicyclic) bond motifs is 1. The highest BCUT2D eigenvalue weighted by molar-refractivity contribution is 5.87. The van der Waals surface area contributed by atoms with Gasteiger partial charge in [0, 0.05) is 6.07 Å². The molecule has 0 saturated carbocycles. The predicted octanol–water partition coefficient (Wildman–Crippen LogP) is 1.22. The number of nitrogens with one attached hydrogen (secondary N) is 1. The first-order chi connectivity index (χ1) is 6.16. The van der Waals surface area contributed by atoms with Gasteiger partial charge in [-0.2, -0.15) is 0 Å². The van der Waals surface area contributed by atoms with Crippen LogP contribution >= 0.6 is 12.4 Å². The molecule has 2 aromatic rings. The molecule has 0 unspecified atom stereocenters. The molecule has 0 aliphatic carbocycles. The SMILES string of the molecule is Cl.O=C(O)c1nc2ncc(F)cc2[nH]1. The molecule has 74 valence electrons. The molecule has 7 heteroatoms. The Labute approximate surface area is 83.4 Å². The molecule has 2 aromatic heterocycles. The number of imidazole rings is 1. The standard InChI is InChI=1S/C7H4FN3O2.ClH/c8-3-1-4-5(9-2-3)11-6(10-4)7(12)13;/h1-2H,(H,12,13)(H,9,10,11);1H. The van der Waals surface area contributed by atoms with Crippen molar-refractivity contribution in [2.45, 2.75) is 0 Å². The number of rotatable bonds is 1. The number of hydrogen-bond acceptors (Lipinski definition) is 3. The van der Waals surface area contributed by atoms with E-state index in [1.54, 1.807) is 0 Å². The van der Waals surface area contributed by atoms with Crippen LogP contribution in [0.25, 0.3) is 11.2 Å². The van der Waals surface area contributed by atoms with Gasteiger partial charge in [-0.15, -0.1) is 12.4 Å². The Morgan fingerprint density at radius 2 is 2.29 bits per heavy atom. The van der Waals surface area contributed by atoms with Gasteiger partial charge in [0.1, 0.15) is 5.82 Å². The van der Waals surface area contributed by atoms with Crippen molar-refractivity contribution in [3.8, 4) is 0 Å². The van der Waals surface area contributed by atoms with E-state index < -0.39 is 11.8 Å². The van der Waals surface area contributed by atoms with Crippen molar-refractivity contribution >= 4 is 29.5 Å². The van der Waals surface area contributed by atoms with Crippen LogP contribution < -0.4 is 0 Å². The number of aromatic nitrogens is 3. The summed E-state index contributed by atoms with van der Waals surface area (Å²) in [6.45, 7) is 0. The van der Waals surface area contributed by atoms with E-state index >= 15 is 0 Å². The molecule has 0 aromatic carbocycles. The van der Waals surface area contributed by atoms with Gasteiger partial charge in [0.15, 0.2) is 5.65 Å². The zero-order valence-corrected chi connectivity index (χ0v) is 7.51. The van der Waals surface area contributed by atoms with Crippen molar-refractivity contribution in [2.24, 2.45) is 0 Å². The minimum atomic E-state index is -1.20. The molecule has 0 fully saturated rings. The highest BCUT2D eigenvalue weighted by Crippen LogP contribution is 2.09. The lowest BCUT2D eigenvalue weighted by molar-refractivity contribution is 0.0685. The maximum Gasteiger partial charge on any atom is 0.371 e. The fraction of sp³-hybridized carbons (Fsp3) is 0. The summed E-state index contributed by atoms with van der Waals surface area (Å²) in [5.41, 5.74) is 0.469. The van der Waals surface area contributed by atoms with Crippen molar-refractivity contribution in [1.29, 1.82) is 0 Å². The van der Waals surface area contributed by atoms with E-state index in [0.717, 1.165) is 12.3 Å². The molecule has 14 heavy (non-hydrogen) atoms. The van der Waals surface area contributed by atoms with Crippen LogP contribution in [-0.2, 0) is 0 Å². The van der Waals surface area contributed by atoms with Gasteiger partial charge in [-0.3, -0.25) is 0 Å². The lowest BCUT2D eigenvalue weighted by Crippen LogP contribution is -1.97. The summed E-state index contributed by atoms with van der Waals surface area (Å²) < 4.78 is 12.6. The van der Waals surface area contributed by atoms with Crippen molar-refractivity contribution in [2.75, 3.05) is 0 Å². The van der Waals surface area contributed by atoms with Crippen molar-refractivity contribution in [1.82, 2.24) is 15.0 Å². The van der Waals surface area contributed by atoms with Gasteiger partial charge >= 0.3 is 5.97 Å². The number of aromatic carboxylic acids is 1. The summed E-state index contributed by atoms with van der Waals surface area (Å²) in [6, 6.07) is 1.14. The van der Waals surface area contributed by atoms with Crippen LogP contribution in [0.1, 0.15) is 10.6 Å². The quantitative estimate of drug-likeness (QED) is 0.753. The van der Waals surface area contributed by atoms with Gasteiger partial charge in [-0.1, -0.05) is 0 Å². The number of carboxylic acid groups (broad SMARTS) is 1. The molecule has 2 heterocycles. The second kappa shape index (κ2) is 3.59. The fourth-order valence-corrected chi connectivity index (χ4v) is 0.976. The van der Waals surface area contributed by atoms with Crippen LogP contribution in [0.3, 0.4) is 0 Å². The van der Waals surface area contributed by atoms with Gasteiger partial charge in [-0.05, 0) is 0 Å². The van der Waals surface area contributed by atoms with Crippen LogP contribution in [0.4, 0.5) is 4.39 Å². The number of nitrogens with zero attached hydrogens (tertiary/aromatic N) is 2. The minimum absolute atomic E-state index is 0. The summed E-state index contributed by atoms with van der Waals surface area (Å²) >= 11 is 0. The zero-order valence-electron chi connectivity index (χ0n) is 6.69. The Kier molecular flexibility index (Phi) is 2.66. The molecule has 0 bridgehead atoms. The summed E-state index contributed by atoms with van der Waals surface area (Å²) in [6.07, 6.45) is 0.981. The normalized spacial score (nSPS) is 9.79. The predicted molar refractivity (Wildman–Crippen MR) is 48.1 cm³/mol. The first-order valence-electron chi connectivity index (χ1n) is 3.41. The van der Waals surface area contributed by atoms with Gasteiger partial charge in [0.05, 0.1) is 11.7 Å². The number of carbonyl (C=O) groups is 1. The highest BCUT2D eigenvalue weighted by Gasteiger charge is 2.10. The zero-order chi connectivity index (χ0) is 9.42. The van der Waals surface area contributed by atoms with E-state index in [1.165, 1.54) is 0 Å². The molecule has 2 rings (SSSR count). The van der Waals surface area contributed by atoms with Crippen LogP contribution in [0.2, 0.25) is 0 Å². The number of aromatic amines is 1. The van der Waals surface area contributed by atoms with E-state index in [0.29, 0.717) is 0 Å². The maximum atomic E-state index is 12.6. The topological polar surface area (TPSA) is 78.9 Å². The fourth-order valence-electron chi connectivity index (χ4n) is 0.976. The van der Waals surface area contributed by atoms with Gasteiger partial charge < -0.3 is 10.1 Å². The Morgan fingerprint density at radius 1 is 1.57 bits per heavy atom. The van der Waals surface area contributed by atoms with E-state index in [4.69, 9.17) is 5.11 Å². The Balaban J connectivity index is 0.000000980. The van der Waals surface area contributed by atoms with E-state index in [2.05, 4.69) is 15.0 Å². The third-order valence-corrected chi connectivity index (χ3v) is 1.51. The average Bonchev–Trinajstić information content (AvgIpc) is 2.46. The molecule has 0 radical (unpaired) electrons. The van der Waals surface area contributed by atoms with Gasteiger partial charge in [0.25, 0.3) is 0 Å². The molecule has 2 N–H and O–H groups in total. The Hall–Kier alpha value is -1.69. The van der Waals surface area contributed by atoms with Crippen molar-refractivity contribution in [3.05, 3.63) is 23.9 Å². The second-order valence-electron chi connectivity index (χ2n) is 2.42. The number of pyridine rings is 1. The lowest BCUT2D eigenvalue weighted by Gasteiger charge is -1.85. The summed E-state index contributed by atoms with van der Waals surface area (Å²) in [5.74, 6) is -1.97. The summed E-state index contributed by atoms with van der Waals surface area (Å²) in [7, 11) is 0. The van der Waals surface area contributed by atoms with Crippen LogP contribution in [0, 0.1) is 5.82 Å². The van der Waals surface area contributed by atoms with E-state index in [1.807, 2.05) is 0 Å². The number of halogens is 2. The van der Waals surface area contributed by atoms with Gasteiger partial charge in [-0.25, -0.2) is 19.2 Å². The molecule has 5 nitrogen and oxygen atoms in total. The largest absolute Gasteiger partial charge is 0.475 e. The van der Waals surface area contributed by atoms with Crippen molar-refractivity contribution < 1.29 is 14.3 Å². The molecule has 0 atom stereocenters. The molecular formula is C7H5ClFN3O2. The average molecular weight is 218 g/mol. The van der Waals surface area contributed by atoms with Gasteiger partial charge in [0.2, 0.25) is 5.82 Å². The Bertz CT molecular complexity index is 485. The van der Waals surface area contributed by atoms with Crippen LogP contribution in [0.5, 0.6) is 0 Å².